The number of aromatic nitrogens is 3. The molecular weight excluding hydrogens is 412 g/mol. The van der Waals surface area contributed by atoms with Gasteiger partial charge in [0.2, 0.25) is 5.28 Å². The van der Waals surface area contributed by atoms with Crippen LogP contribution >= 0.6 is 23.2 Å². The molecule has 11 heteroatoms. The number of nitrogens with zero attached hydrogens (tertiary/aromatic N) is 4. The summed E-state index contributed by atoms with van der Waals surface area (Å²) in [6, 6.07) is -0.434. The number of primary amides is 1. The number of carbonyl (C=O) groups excluding carboxylic acids is 1. The topological polar surface area (TPSA) is 114 Å². The number of anilines is 1. The molecule has 152 valence electrons. The van der Waals surface area contributed by atoms with E-state index < -0.39 is 35.6 Å². The average Bonchev–Trinajstić information content (AvgIpc) is 2.55. The van der Waals surface area contributed by atoms with E-state index in [4.69, 9.17) is 33.7 Å². The molecule has 3 rings (SSSR count). The molecule has 0 aromatic carbocycles. The summed E-state index contributed by atoms with van der Waals surface area (Å²) in [7, 11) is 0. The summed E-state index contributed by atoms with van der Waals surface area (Å²) in [5.41, 5.74) is 4.71. The lowest BCUT2D eigenvalue weighted by Crippen LogP contribution is -2.60. The number of pyridine rings is 1. The first-order valence-electron chi connectivity index (χ1n) is 8.57. The van der Waals surface area contributed by atoms with Crippen LogP contribution in [0.15, 0.2) is 6.20 Å². The monoisotopic (exact) mass is 431 g/mol. The van der Waals surface area contributed by atoms with Crippen LogP contribution in [0.3, 0.4) is 0 Å². The minimum Gasteiger partial charge on any atom is -0.444 e. The second-order valence-corrected chi connectivity index (χ2v) is 8.47. The molecule has 1 aliphatic rings. The maximum absolute atomic E-state index is 14.5. The summed E-state index contributed by atoms with van der Waals surface area (Å²) in [4.78, 5) is 25.2. The molecule has 0 bridgehead atoms. The Morgan fingerprint density at radius 2 is 2.07 bits per heavy atom. The molecule has 1 aliphatic heterocycles. The number of aliphatic hydroxyl groups is 1. The molecule has 0 saturated carbocycles. The van der Waals surface area contributed by atoms with Crippen molar-refractivity contribution in [3.8, 4) is 0 Å². The first kappa shape index (κ1) is 20.8. The number of β-amino-alcohol motifs (C(OH)–C–C–N with tert-alkyl or cyclic N) is 1. The lowest BCUT2D eigenvalue weighted by atomic mass is 9.78. The maximum atomic E-state index is 14.5. The van der Waals surface area contributed by atoms with Gasteiger partial charge in [0.15, 0.2) is 11.0 Å². The zero-order valence-corrected chi connectivity index (χ0v) is 17.0. The molecule has 1 fully saturated rings. The van der Waals surface area contributed by atoms with Crippen LogP contribution in [0.4, 0.5) is 15.0 Å². The molecule has 1 saturated heterocycles. The van der Waals surface area contributed by atoms with E-state index in [9.17, 15) is 14.3 Å². The number of hydrogen-bond donors (Lipinski definition) is 2. The Labute approximate surface area is 170 Å². The minimum atomic E-state index is -0.946. The Hall–Kier alpha value is -1.97. The van der Waals surface area contributed by atoms with Gasteiger partial charge in [-0.2, -0.15) is 4.98 Å². The molecule has 0 spiro atoms. The fourth-order valence-electron chi connectivity index (χ4n) is 3.73. The molecule has 0 radical (unpaired) electrons. The molecule has 1 amide bonds. The number of ether oxygens (including phenoxy) is 1. The van der Waals surface area contributed by atoms with Crippen LogP contribution < -0.4 is 10.6 Å². The molecule has 28 heavy (non-hydrogen) atoms. The quantitative estimate of drug-likeness (QED) is 0.554. The van der Waals surface area contributed by atoms with Gasteiger partial charge in [0.1, 0.15) is 17.4 Å². The number of nitrogens with two attached hydrogens (primary N) is 1. The van der Waals surface area contributed by atoms with Crippen LogP contribution in [-0.2, 0) is 4.74 Å². The van der Waals surface area contributed by atoms with Crippen molar-refractivity contribution in [2.24, 2.45) is 11.1 Å². The summed E-state index contributed by atoms with van der Waals surface area (Å²) in [5.74, 6) is -0.561. The lowest BCUT2D eigenvalue weighted by molar-refractivity contribution is -0.00193. The fraction of sp³-hybridized carbons (Fsp3) is 0.529. The Bertz CT molecular complexity index is 924. The van der Waals surface area contributed by atoms with E-state index in [-0.39, 0.29) is 40.1 Å². The molecule has 8 nitrogen and oxygen atoms in total. The summed E-state index contributed by atoms with van der Waals surface area (Å²) in [5, 5.41) is 10.1. The van der Waals surface area contributed by atoms with Gasteiger partial charge in [-0.05, 0) is 17.0 Å². The number of piperidine rings is 1. The second kappa shape index (κ2) is 7.46. The Balaban J connectivity index is 2.21. The van der Waals surface area contributed by atoms with Gasteiger partial charge in [0.05, 0.1) is 17.5 Å². The second-order valence-electron chi connectivity index (χ2n) is 7.77. The smallest absolute Gasteiger partial charge is 0.404 e. The summed E-state index contributed by atoms with van der Waals surface area (Å²) in [6.45, 7) is 5.99. The van der Waals surface area contributed by atoms with Crippen LogP contribution in [0.25, 0.3) is 10.9 Å². The number of fused-ring (bicyclic) bond motifs is 1. The molecular formula is C17H20Cl2FN5O3. The predicted molar refractivity (Wildman–Crippen MR) is 103 cm³/mol. The van der Waals surface area contributed by atoms with E-state index >= 15 is 0 Å². The zero-order valence-electron chi connectivity index (χ0n) is 15.5. The van der Waals surface area contributed by atoms with E-state index in [0.717, 1.165) is 0 Å². The van der Waals surface area contributed by atoms with Crippen molar-refractivity contribution in [2.75, 3.05) is 11.4 Å². The number of halogens is 3. The van der Waals surface area contributed by atoms with Gasteiger partial charge in [0, 0.05) is 19.2 Å². The largest absolute Gasteiger partial charge is 0.444 e. The van der Waals surface area contributed by atoms with Crippen molar-refractivity contribution >= 4 is 46.0 Å². The molecule has 3 atom stereocenters. The number of carbonyl (C=O) groups is 1. The molecule has 3 heterocycles. The SMILES string of the molecule is CC(C)(C)C1[C@H](OC(N)=O)C[C@@H](O)CN1c1nc(Cl)nc2c(F)c(Cl)ncc12. The minimum absolute atomic E-state index is 0.0879. The van der Waals surface area contributed by atoms with Crippen molar-refractivity contribution in [2.45, 2.75) is 45.4 Å². The van der Waals surface area contributed by atoms with Crippen molar-refractivity contribution in [1.29, 1.82) is 0 Å². The third kappa shape index (κ3) is 3.92. The normalized spacial score (nSPS) is 23.1. The predicted octanol–water partition coefficient (Wildman–Crippen LogP) is 2.92. The average molecular weight is 432 g/mol. The van der Waals surface area contributed by atoms with Crippen molar-refractivity contribution in [3.05, 3.63) is 22.5 Å². The highest BCUT2D eigenvalue weighted by Gasteiger charge is 2.45. The highest BCUT2D eigenvalue weighted by Crippen LogP contribution is 2.39. The summed E-state index contributed by atoms with van der Waals surface area (Å²) < 4.78 is 19.8. The van der Waals surface area contributed by atoms with Crippen LogP contribution in [0.1, 0.15) is 27.2 Å². The van der Waals surface area contributed by atoms with E-state index in [1.54, 1.807) is 4.90 Å². The summed E-state index contributed by atoms with van der Waals surface area (Å²) >= 11 is 11.8. The first-order chi connectivity index (χ1) is 13.0. The van der Waals surface area contributed by atoms with Gasteiger partial charge in [-0.25, -0.2) is 19.2 Å². The molecule has 3 N–H and O–H groups in total. The van der Waals surface area contributed by atoms with Crippen LogP contribution in [0.2, 0.25) is 10.4 Å². The molecule has 0 aliphatic carbocycles. The number of amides is 1. The Morgan fingerprint density at radius 3 is 2.68 bits per heavy atom. The standard InChI is InChI=1S/C17H20Cl2FN5O3/c1-17(2,3)12-9(28-16(21)27)4-7(26)6-25(12)14-8-5-22-13(18)10(20)11(8)23-15(19)24-14/h5,7,9,12,26H,4,6H2,1-3H3,(H2,21,27)/t7-,9-,12?/m1/s1. The molecule has 2 aromatic heterocycles. The lowest BCUT2D eigenvalue weighted by Gasteiger charge is -2.49. The maximum Gasteiger partial charge on any atom is 0.404 e. The number of aliphatic hydroxyl groups excluding tert-OH is 1. The van der Waals surface area contributed by atoms with Crippen molar-refractivity contribution in [3.63, 3.8) is 0 Å². The van der Waals surface area contributed by atoms with Crippen LogP contribution in [0.5, 0.6) is 0 Å². The fourth-order valence-corrected chi connectivity index (χ4v) is 4.03. The van der Waals surface area contributed by atoms with E-state index in [1.165, 1.54) is 6.20 Å². The van der Waals surface area contributed by atoms with Crippen molar-refractivity contribution in [1.82, 2.24) is 15.0 Å². The van der Waals surface area contributed by atoms with Gasteiger partial charge < -0.3 is 20.5 Å². The van der Waals surface area contributed by atoms with E-state index in [2.05, 4.69) is 15.0 Å². The van der Waals surface area contributed by atoms with Crippen LogP contribution in [0, 0.1) is 11.2 Å². The van der Waals surface area contributed by atoms with E-state index in [0.29, 0.717) is 0 Å². The summed E-state index contributed by atoms with van der Waals surface area (Å²) in [6.07, 6.45) is -0.946. The number of rotatable bonds is 2. The van der Waals surface area contributed by atoms with Gasteiger partial charge >= 0.3 is 6.09 Å². The third-order valence-corrected chi connectivity index (χ3v) is 5.05. The van der Waals surface area contributed by atoms with Crippen molar-refractivity contribution < 1.29 is 19.0 Å². The number of hydrogen-bond acceptors (Lipinski definition) is 7. The van der Waals surface area contributed by atoms with Gasteiger partial charge in [-0.15, -0.1) is 0 Å². The highest BCUT2D eigenvalue weighted by atomic mass is 35.5. The van der Waals surface area contributed by atoms with Crippen LogP contribution in [-0.4, -0.2) is 50.9 Å². The van der Waals surface area contributed by atoms with Gasteiger partial charge in [-0.1, -0.05) is 32.4 Å². The zero-order chi connectivity index (χ0) is 20.8. The van der Waals surface area contributed by atoms with Gasteiger partial charge in [-0.3, -0.25) is 0 Å². The van der Waals surface area contributed by atoms with Gasteiger partial charge in [0.25, 0.3) is 0 Å². The Kier molecular flexibility index (Phi) is 5.53. The third-order valence-electron chi connectivity index (χ3n) is 4.62. The highest BCUT2D eigenvalue weighted by molar-refractivity contribution is 6.30. The Morgan fingerprint density at radius 1 is 1.39 bits per heavy atom. The molecule has 1 unspecified atom stereocenters. The first-order valence-corrected chi connectivity index (χ1v) is 9.32. The molecule has 2 aromatic rings. The van der Waals surface area contributed by atoms with E-state index in [1.807, 2.05) is 20.8 Å².